The molecule has 0 amide bonds. The van der Waals surface area contributed by atoms with Crippen LogP contribution in [0.25, 0.3) is 0 Å². The van der Waals surface area contributed by atoms with Crippen molar-refractivity contribution >= 4 is 8.07 Å². The van der Waals surface area contributed by atoms with Gasteiger partial charge in [0.15, 0.2) is 0 Å². The molecule has 0 heterocycles. The van der Waals surface area contributed by atoms with Gasteiger partial charge in [0, 0.05) is 12.8 Å². The Morgan fingerprint density at radius 3 is 2.10 bits per heavy atom. The lowest BCUT2D eigenvalue weighted by Crippen LogP contribution is -2.24. The monoisotopic (exact) mass is 292 g/mol. The highest BCUT2D eigenvalue weighted by Crippen LogP contribution is 2.21. The maximum Gasteiger partial charge on any atom is 0.0720 e. The number of rotatable bonds is 10. The standard InChI is InChI=1S/C19H36Si/c1-6-8-10-12-13-14-16-18-19(20(3,4)5)17-15-11-9-7-2/h18H,6-12,15-17H2,1-5H3/b19-18+. The van der Waals surface area contributed by atoms with Crippen molar-refractivity contribution in [2.75, 3.05) is 0 Å². The van der Waals surface area contributed by atoms with Crippen molar-refractivity contribution < 1.29 is 0 Å². The van der Waals surface area contributed by atoms with Crippen molar-refractivity contribution in [1.29, 1.82) is 0 Å². The summed E-state index contributed by atoms with van der Waals surface area (Å²) in [6.45, 7) is 11.9. The molecule has 0 nitrogen and oxygen atoms in total. The highest BCUT2D eigenvalue weighted by Gasteiger charge is 2.18. The van der Waals surface area contributed by atoms with Crippen LogP contribution in [0.15, 0.2) is 11.3 Å². The predicted octanol–water partition coefficient (Wildman–Crippen LogP) is 6.73. The molecule has 0 aromatic heterocycles. The smallest absolute Gasteiger partial charge is 0.0720 e. The summed E-state index contributed by atoms with van der Waals surface area (Å²) in [5.41, 5.74) is 0. The molecule has 116 valence electrons. The number of unbranched alkanes of at least 4 members (excludes halogenated alkanes) is 6. The second kappa shape index (κ2) is 12.3. The molecule has 0 bridgehead atoms. The molecular weight excluding hydrogens is 256 g/mol. The molecule has 0 radical (unpaired) electrons. The summed E-state index contributed by atoms with van der Waals surface area (Å²) in [6.07, 6.45) is 15.2. The van der Waals surface area contributed by atoms with E-state index in [4.69, 9.17) is 0 Å². The Bertz CT molecular complexity index is 309. The van der Waals surface area contributed by atoms with E-state index < -0.39 is 8.07 Å². The van der Waals surface area contributed by atoms with E-state index in [9.17, 15) is 0 Å². The van der Waals surface area contributed by atoms with Gasteiger partial charge in [-0.3, -0.25) is 0 Å². The van der Waals surface area contributed by atoms with Gasteiger partial charge < -0.3 is 0 Å². The van der Waals surface area contributed by atoms with Gasteiger partial charge in [0.1, 0.15) is 0 Å². The third kappa shape index (κ3) is 11.4. The van der Waals surface area contributed by atoms with E-state index in [1.165, 1.54) is 51.4 Å². The van der Waals surface area contributed by atoms with Crippen LogP contribution in [0.3, 0.4) is 0 Å². The van der Waals surface area contributed by atoms with Gasteiger partial charge in [-0.2, -0.15) is 0 Å². The second-order valence-electron chi connectivity index (χ2n) is 6.80. The highest BCUT2D eigenvalue weighted by atomic mass is 28.3. The van der Waals surface area contributed by atoms with Crippen LogP contribution >= 0.6 is 0 Å². The zero-order valence-electron chi connectivity index (χ0n) is 14.6. The molecule has 0 spiro atoms. The van der Waals surface area contributed by atoms with Crippen LogP contribution in [0.2, 0.25) is 19.6 Å². The Morgan fingerprint density at radius 2 is 1.50 bits per heavy atom. The van der Waals surface area contributed by atoms with E-state index in [0.717, 1.165) is 12.8 Å². The van der Waals surface area contributed by atoms with Crippen LogP contribution in [0.4, 0.5) is 0 Å². The van der Waals surface area contributed by atoms with Crippen LogP contribution in [0, 0.1) is 11.8 Å². The van der Waals surface area contributed by atoms with Gasteiger partial charge in [-0.25, -0.2) is 0 Å². The minimum Gasteiger partial charge on any atom is -0.103 e. The normalized spacial score (nSPS) is 12.2. The SMILES string of the molecule is CCCCCC#CC/C=C(\CCCCCC)[Si](C)(C)C. The molecule has 0 unspecified atom stereocenters. The molecule has 0 aromatic rings. The number of hydrogen-bond acceptors (Lipinski definition) is 0. The van der Waals surface area contributed by atoms with E-state index in [1.807, 2.05) is 0 Å². The second-order valence-corrected chi connectivity index (χ2v) is 11.9. The van der Waals surface area contributed by atoms with Crippen LogP contribution < -0.4 is 0 Å². The Morgan fingerprint density at radius 1 is 0.850 bits per heavy atom. The molecule has 0 aliphatic heterocycles. The topological polar surface area (TPSA) is 0 Å². The van der Waals surface area contributed by atoms with Gasteiger partial charge in [-0.05, 0) is 19.3 Å². The lowest BCUT2D eigenvalue weighted by atomic mass is 10.1. The van der Waals surface area contributed by atoms with Crippen LogP contribution in [0.1, 0.15) is 78.1 Å². The summed E-state index contributed by atoms with van der Waals surface area (Å²) >= 11 is 0. The maximum absolute atomic E-state index is 3.34. The van der Waals surface area contributed by atoms with Gasteiger partial charge in [0.25, 0.3) is 0 Å². The van der Waals surface area contributed by atoms with Crippen molar-refractivity contribution in [3.63, 3.8) is 0 Å². The fourth-order valence-electron chi connectivity index (χ4n) is 2.32. The van der Waals surface area contributed by atoms with Gasteiger partial charge in [-0.1, -0.05) is 82.8 Å². The summed E-state index contributed by atoms with van der Waals surface area (Å²) in [6, 6.07) is 0. The number of hydrogen-bond donors (Lipinski definition) is 0. The van der Waals surface area contributed by atoms with E-state index in [1.54, 1.807) is 5.20 Å². The van der Waals surface area contributed by atoms with Crippen molar-refractivity contribution in [2.45, 2.75) is 97.7 Å². The average Bonchev–Trinajstić information content (AvgIpc) is 2.38. The largest absolute Gasteiger partial charge is 0.103 e. The van der Waals surface area contributed by atoms with Crippen molar-refractivity contribution in [1.82, 2.24) is 0 Å². The van der Waals surface area contributed by atoms with E-state index in [-0.39, 0.29) is 0 Å². The van der Waals surface area contributed by atoms with Crippen LogP contribution in [-0.2, 0) is 0 Å². The summed E-state index contributed by atoms with van der Waals surface area (Å²) in [5.74, 6) is 6.67. The van der Waals surface area contributed by atoms with Crippen molar-refractivity contribution in [2.24, 2.45) is 0 Å². The molecule has 0 saturated carbocycles. The van der Waals surface area contributed by atoms with E-state index in [0.29, 0.717) is 0 Å². The molecule has 1 heteroatoms. The minimum atomic E-state index is -1.13. The molecule has 0 aliphatic carbocycles. The van der Waals surface area contributed by atoms with Crippen LogP contribution in [0.5, 0.6) is 0 Å². The minimum absolute atomic E-state index is 0.972. The Labute approximate surface area is 129 Å². The third-order valence-electron chi connectivity index (χ3n) is 3.74. The van der Waals surface area contributed by atoms with Gasteiger partial charge in [0.2, 0.25) is 0 Å². The summed E-state index contributed by atoms with van der Waals surface area (Å²) < 4.78 is 0. The van der Waals surface area contributed by atoms with E-state index in [2.05, 4.69) is 51.4 Å². The number of allylic oxidation sites excluding steroid dienone is 2. The van der Waals surface area contributed by atoms with Crippen molar-refractivity contribution in [3.8, 4) is 11.8 Å². The first-order valence-corrected chi connectivity index (χ1v) is 12.2. The first-order chi connectivity index (χ1) is 9.52. The first-order valence-electron chi connectivity index (χ1n) is 8.67. The fraction of sp³-hybridized carbons (Fsp3) is 0.789. The molecule has 0 atom stereocenters. The molecule has 0 rings (SSSR count). The lowest BCUT2D eigenvalue weighted by Gasteiger charge is -2.21. The Kier molecular flexibility index (Phi) is 12.0. The van der Waals surface area contributed by atoms with E-state index >= 15 is 0 Å². The summed E-state index contributed by atoms with van der Waals surface area (Å²) in [4.78, 5) is 0. The van der Waals surface area contributed by atoms with Gasteiger partial charge in [0.05, 0.1) is 8.07 Å². The molecule has 0 fully saturated rings. The van der Waals surface area contributed by atoms with Gasteiger partial charge in [-0.15, -0.1) is 5.92 Å². The maximum atomic E-state index is 3.34. The molecule has 20 heavy (non-hydrogen) atoms. The first kappa shape index (κ1) is 19.5. The predicted molar refractivity (Wildman–Crippen MR) is 96.7 cm³/mol. The molecule has 0 saturated heterocycles. The molecular formula is C19H36Si. The quantitative estimate of drug-likeness (QED) is 0.238. The van der Waals surface area contributed by atoms with Crippen LogP contribution in [-0.4, -0.2) is 8.07 Å². The Balaban J connectivity index is 4.16. The summed E-state index contributed by atoms with van der Waals surface area (Å²) in [5, 5.41) is 1.73. The third-order valence-corrected chi connectivity index (χ3v) is 6.12. The zero-order chi connectivity index (χ0) is 15.3. The fourth-order valence-corrected chi connectivity index (χ4v) is 3.96. The van der Waals surface area contributed by atoms with Gasteiger partial charge >= 0.3 is 0 Å². The molecule has 0 aromatic carbocycles. The zero-order valence-corrected chi connectivity index (χ0v) is 15.6. The highest BCUT2D eigenvalue weighted by molar-refractivity contribution is 6.83. The molecule has 0 aliphatic rings. The lowest BCUT2D eigenvalue weighted by molar-refractivity contribution is 0.669. The Hall–Kier alpha value is -0.483. The summed E-state index contributed by atoms with van der Waals surface area (Å²) in [7, 11) is -1.13. The van der Waals surface area contributed by atoms with Crippen molar-refractivity contribution in [3.05, 3.63) is 11.3 Å². The average molecular weight is 293 g/mol. The molecule has 0 N–H and O–H groups in total.